The molecule has 0 aromatic heterocycles. The number of aliphatic hydroxyl groups is 1. The number of rotatable bonds is 6. The molecule has 0 atom stereocenters. The summed E-state index contributed by atoms with van der Waals surface area (Å²) in [6, 6.07) is 12.0. The zero-order valence-electron chi connectivity index (χ0n) is 19.3. The van der Waals surface area contributed by atoms with Gasteiger partial charge in [0.2, 0.25) is 5.82 Å². The molecule has 4 rings (SSSR count). The fourth-order valence-electron chi connectivity index (χ4n) is 4.57. The van der Waals surface area contributed by atoms with Crippen molar-refractivity contribution in [2.75, 3.05) is 6.61 Å². The Kier molecular flexibility index (Phi) is 7.50. The molecule has 1 aliphatic rings. The normalized spacial score (nSPS) is 18.6. The Morgan fingerprint density at radius 3 is 1.89 bits per heavy atom. The number of hydrogen-bond acceptors (Lipinski definition) is 2. The Morgan fingerprint density at radius 1 is 0.730 bits per heavy atom. The van der Waals surface area contributed by atoms with Crippen LogP contribution in [0.1, 0.15) is 37.2 Å². The van der Waals surface area contributed by atoms with E-state index < -0.39 is 29.7 Å². The monoisotopic (exact) mass is 530 g/mol. The second kappa shape index (κ2) is 10.3. The summed E-state index contributed by atoms with van der Waals surface area (Å²) in [5.74, 6) is -5.28. The molecule has 1 fully saturated rings. The molecule has 0 radical (unpaired) electrons. The highest BCUT2D eigenvalue weighted by Crippen LogP contribution is 2.40. The Morgan fingerprint density at radius 2 is 1.32 bits per heavy atom. The molecule has 0 unspecified atom stereocenters. The zero-order chi connectivity index (χ0) is 27.0. The van der Waals surface area contributed by atoms with Gasteiger partial charge >= 0.3 is 12.3 Å². The number of halogens is 8. The highest BCUT2D eigenvalue weighted by molar-refractivity contribution is 5.71. The van der Waals surface area contributed by atoms with Crippen LogP contribution in [0.5, 0.6) is 5.75 Å². The SMILES string of the molecule is OCC1CCC(c2ccc(-c3ccc(-c4ccc(OC(F)(F)C(F)(F)F)c(F)c4F)cc3)cc2F)CC1. The number of benzene rings is 3. The lowest BCUT2D eigenvalue weighted by Crippen LogP contribution is -2.42. The van der Waals surface area contributed by atoms with Crippen LogP contribution < -0.4 is 4.74 Å². The highest BCUT2D eigenvalue weighted by Gasteiger charge is 2.61. The fourth-order valence-corrected chi connectivity index (χ4v) is 4.57. The van der Waals surface area contributed by atoms with Gasteiger partial charge in [-0.2, -0.15) is 26.3 Å². The lowest BCUT2D eigenvalue weighted by molar-refractivity contribution is -0.361. The smallest absolute Gasteiger partial charge is 0.423 e. The third-order valence-electron chi connectivity index (χ3n) is 6.69. The van der Waals surface area contributed by atoms with Crippen LogP contribution in [0.15, 0.2) is 54.6 Å². The van der Waals surface area contributed by atoms with E-state index in [1.54, 1.807) is 12.1 Å². The molecule has 0 bridgehead atoms. The third kappa shape index (κ3) is 5.58. The minimum atomic E-state index is -6.11. The van der Waals surface area contributed by atoms with E-state index in [9.17, 15) is 40.2 Å². The van der Waals surface area contributed by atoms with Gasteiger partial charge in [0.15, 0.2) is 11.6 Å². The van der Waals surface area contributed by atoms with Crippen LogP contribution in [0.3, 0.4) is 0 Å². The summed E-state index contributed by atoms with van der Waals surface area (Å²) in [6.07, 6.45) is -8.57. The fraction of sp³-hybridized carbons (Fsp3) is 0.333. The van der Waals surface area contributed by atoms with Gasteiger partial charge in [0.25, 0.3) is 0 Å². The summed E-state index contributed by atoms with van der Waals surface area (Å²) in [7, 11) is 0. The summed E-state index contributed by atoms with van der Waals surface area (Å²) in [4.78, 5) is 0. The topological polar surface area (TPSA) is 29.5 Å². The minimum Gasteiger partial charge on any atom is -0.423 e. The maximum Gasteiger partial charge on any atom is 0.499 e. The summed E-state index contributed by atoms with van der Waals surface area (Å²) < 4.78 is 110. The van der Waals surface area contributed by atoms with E-state index in [4.69, 9.17) is 0 Å². The van der Waals surface area contributed by atoms with E-state index in [-0.39, 0.29) is 35.4 Å². The molecule has 3 aromatic carbocycles. The molecule has 198 valence electrons. The van der Waals surface area contributed by atoms with E-state index in [0.29, 0.717) is 22.8 Å². The van der Waals surface area contributed by atoms with Crippen molar-refractivity contribution < 1.29 is 45.0 Å². The second-order valence-electron chi connectivity index (χ2n) is 9.07. The predicted molar refractivity (Wildman–Crippen MR) is 121 cm³/mol. The van der Waals surface area contributed by atoms with Gasteiger partial charge in [-0.15, -0.1) is 0 Å². The first kappa shape index (κ1) is 26.9. The van der Waals surface area contributed by atoms with Crippen LogP contribution in [-0.2, 0) is 0 Å². The lowest BCUT2D eigenvalue weighted by Gasteiger charge is -2.28. The van der Waals surface area contributed by atoms with Crippen LogP contribution in [0.25, 0.3) is 22.3 Å². The molecular weight excluding hydrogens is 508 g/mol. The predicted octanol–water partition coefficient (Wildman–Crippen LogP) is 8.24. The Hall–Kier alpha value is -3.14. The summed E-state index contributed by atoms with van der Waals surface area (Å²) in [6.45, 7) is 0.132. The van der Waals surface area contributed by atoms with Crippen molar-refractivity contribution in [3.05, 3.63) is 77.6 Å². The van der Waals surface area contributed by atoms with Gasteiger partial charge in [-0.1, -0.05) is 36.4 Å². The molecule has 3 aromatic rings. The highest BCUT2D eigenvalue weighted by atomic mass is 19.4. The van der Waals surface area contributed by atoms with Gasteiger partial charge in [-0.05, 0) is 78.0 Å². The van der Waals surface area contributed by atoms with Crippen molar-refractivity contribution in [3.63, 3.8) is 0 Å². The molecule has 0 aliphatic heterocycles. The molecule has 1 aliphatic carbocycles. The van der Waals surface area contributed by atoms with Gasteiger partial charge in [0, 0.05) is 12.2 Å². The third-order valence-corrected chi connectivity index (χ3v) is 6.69. The first-order valence-electron chi connectivity index (χ1n) is 11.5. The lowest BCUT2D eigenvalue weighted by atomic mass is 9.78. The molecule has 10 heteroatoms. The largest absolute Gasteiger partial charge is 0.499 e. The summed E-state index contributed by atoms with van der Waals surface area (Å²) >= 11 is 0. The van der Waals surface area contributed by atoms with Gasteiger partial charge in [-0.3, -0.25) is 0 Å². The van der Waals surface area contributed by atoms with Crippen molar-refractivity contribution >= 4 is 0 Å². The van der Waals surface area contributed by atoms with Crippen LogP contribution in [-0.4, -0.2) is 24.0 Å². The van der Waals surface area contributed by atoms with E-state index >= 15 is 0 Å². The maximum atomic E-state index is 14.9. The number of hydrogen-bond donors (Lipinski definition) is 1. The minimum absolute atomic E-state index is 0.0696. The van der Waals surface area contributed by atoms with E-state index in [1.807, 2.05) is 0 Å². The molecule has 1 N–H and O–H groups in total. The molecular formula is C27H22F8O2. The van der Waals surface area contributed by atoms with E-state index in [0.717, 1.165) is 31.7 Å². The van der Waals surface area contributed by atoms with Crippen molar-refractivity contribution in [2.24, 2.45) is 5.92 Å². The molecule has 0 amide bonds. The second-order valence-corrected chi connectivity index (χ2v) is 9.07. The molecule has 0 spiro atoms. The van der Waals surface area contributed by atoms with Crippen LogP contribution in [0, 0.1) is 23.4 Å². The maximum absolute atomic E-state index is 14.9. The average Bonchev–Trinajstić information content (AvgIpc) is 2.86. The van der Waals surface area contributed by atoms with Gasteiger partial charge in [-0.25, -0.2) is 8.78 Å². The molecule has 1 saturated carbocycles. The van der Waals surface area contributed by atoms with Crippen molar-refractivity contribution in [2.45, 2.75) is 43.9 Å². The van der Waals surface area contributed by atoms with Crippen LogP contribution in [0.4, 0.5) is 35.1 Å². The van der Waals surface area contributed by atoms with Crippen molar-refractivity contribution in [3.8, 4) is 28.0 Å². The molecule has 37 heavy (non-hydrogen) atoms. The Bertz CT molecular complexity index is 1250. The zero-order valence-corrected chi connectivity index (χ0v) is 19.3. The summed E-state index contributed by atoms with van der Waals surface area (Å²) in [5.41, 5.74) is 1.46. The van der Waals surface area contributed by atoms with Gasteiger partial charge in [0.1, 0.15) is 5.82 Å². The standard InChI is InChI=1S/C27H22F8O2/c28-22-13-19(9-10-20(22)17-3-1-15(14-36)2-4-17)16-5-7-18(8-6-16)21-11-12-23(25(30)24(21)29)37-27(34,35)26(31,32)33/h5-13,15,17,36H,1-4,14H2. The van der Waals surface area contributed by atoms with Crippen molar-refractivity contribution in [1.82, 2.24) is 0 Å². The quantitative estimate of drug-likeness (QED) is 0.325. The number of aliphatic hydroxyl groups excluding tert-OH is 1. The molecule has 0 saturated heterocycles. The van der Waals surface area contributed by atoms with E-state index in [2.05, 4.69) is 4.74 Å². The molecule has 2 nitrogen and oxygen atoms in total. The average molecular weight is 530 g/mol. The number of ether oxygens (including phenoxy) is 1. The Balaban J connectivity index is 1.53. The first-order valence-corrected chi connectivity index (χ1v) is 11.5. The van der Waals surface area contributed by atoms with Gasteiger partial charge in [0.05, 0.1) is 0 Å². The Labute approximate surface area is 207 Å². The molecule has 0 heterocycles. The van der Waals surface area contributed by atoms with Crippen molar-refractivity contribution in [1.29, 1.82) is 0 Å². The number of alkyl halides is 5. The van der Waals surface area contributed by atoms with E-state index in [1.165, 1.54) is 30.3 Å². The summed E-state index contributed by atoms with van der Waals surface area (Å²) in [5, 5.41) is 9.28. The first-order chi connectivity index (χ1) is 17.4. The van der Waals surface area contributed by atoms with Gasteiger partial charge < -0.3 is 9.84 Å². The van der Waals surface area contributed by atoms with Crippen LogP contribution in [0.2, 0.25) is 0 Å². The van der Waals surface area contributed by atoms with Crippen LogP contribution >= 0.6 is 0 Å².